The Morgan fingerprint density at radius 1 is 1.31 bits per heavy atom. The van der Waals surface area contributed by atoms with E-state index in [9.17, 15) is 4.79 Å². The molecular weight excluding hydrogens is 202 g/mol. The van der Waals surface area contributed by atoms with Crippen molar-refractivity contribution in [3.8, 4) is 0 Å². The van der Waals surface area contributed by atoms with Crippen LogP contribution in [0.3, 0.4) is 0 Å². The summed E-state index contributed by atoms with van der Waals surface area (Å²) < 4.78 is 5.26. The molecule has 3 nitrogen and oxygen atoms in total. The second-order valence-corrected chi connectivity index (χ2v) is 4.51. The van der Waals surface area contributed by atoms with E-state index >= 15 is 0 Å². The van der Waals surface area contributed by atoms with Crippen molar-refractivity contribution >= 4 is 5.78 Å². The lowest BCUT2D eigenvalue weighted by molar-refractivity contribution is 0.0900. The maximum atomic E-state index is 12.1. The molecular formula is C13H15NO2. The first-order valence-corrected chi connectivity index (χ1v) is 5.79. The molecule has 0 aromatic heterocycles. The fraction of sp³-hybridized carbons (Fsp3) is 0.462. The van der Waals surface area contributed by atoms with Gasteiger partial charge >= 0.3 is 0 Å². The number of fused-ring (bicyclic) bond motifs is 1. The summed E-state index contributed by atoms with van der Waals surface area (Å²) in [5.41, 5.74) is 3.43. The maximum absolute atomic E-state index is 12.1. The maximum Gasteiger partial charge on any atom is 0.168 e. The second kappa shape index (κ2) is 4.00. The van der Waals surface area contributed by atoms with Crippen LogP contribution < -0.4 is 5.32 Å². The van der Waals surface area contributed by atoms with Gasteiger partial charge in [0.25, 0.3) is 0 Å². The first-order valence-electron chi connectivity index (χ1n) is 5.79. The van der Waals surface area contributed by atoms with Crippen molar-refractivity contribution < 1.29 is 9.53 Å². The van der Waals surface area contributed by atoms with Crippen LogP contribution in [0.1, 0.15) is 27.9 Å². The number of benzene rings is 1. The van der Waals surface area contributed by atoms with Gasteiger partial charge in [0, 0.05) is 31.2 Å². The van der Waals surface area contributed by atoms with Crippen LogP contribution in [0, 0.1) is 5.92 Å². The number of Topliss-reactive ketones (excluding diaryl/α,β-unsaturated/α-hetero) is 1. The minimum absolute atomic E-state index is 0.0763. The van der Waals surface area contributed by atoms with Gasteiger partial charge in [0.15, 0.2) is 5.78 Å². The van der Waals surface area contributed by atoms with Gasteiger partial charge in [0.05, 0.1) is 6.61 Å². The summed E-state index contributed by atoms with van der Waals surface area (Å²) in [5, 5.41) is 3.29. The molecule has 1 aromatic rings. The van der Waals surface area contributed by atoms with Gasteiger partial charge in [-0.05, 0) is 23.6 Å². The summed E-state index contributed by atoms with van der Waals surface area (Å²) in [7, 11) is 0. The summed E-state index contributed by atoms with van der Waals surface area (Å²) in [6.45, 7) is 3.13. The van der Waals surface area contributed by atoms with Crippen LogP contribution >= 0.6 is 0 Å². The number of hydrogen-bond donors (Lipinski definition) is 1. The molecule has 2 aliphatic rings. The number of carbonyl (C=O) groups excluding carboxylic acids is 1. The Balaban J connectivity index is 1.86. The Labute approximate surface area is 94.8 Å². The van der Waals surface area contributed by atoms with Crippen molar-refractivity contribution in [1.29, 1.82) is 0 Å². The number of rotatable bonds is 2. The van der Waals surface area contributed by atoms with Gasteiger partial charge in [-0.1, -0.05) is 12.1 Å². The lowest BCUT2D eigenvalue weighted by atomic mass is 9.95. The average Bonchev–Trinajstić information content (AvgIpc) is 2.98. The molecule has 0 bridgehead atoms. The highest BCUT2D eigenvalue weighted by Gasteiger charge is 2.25. The van der Waals surface area contributed by atoms with Gasteiger partial charge < -0.3 is 10.1 Å². The molecule has 84 valence electrons. The summed E-state index contributed by atoms with van der Waals surface area (Å²) >= 11 is 0. The molecule has 1 unspecified atom stereocenters. The molecule has 0 spiro atoms. The Bertz CT molecular complexity index is 422. The third kappa shape index (κ3) is 1.66. The predicted molar refractivity (Wildman–Crippen MR) is 60.2 cm³/mol. The molecule has 1 saturated heterocycles. The van der Waals surface area contributed by atoms with Gasteiger partial charge in [0.2, 0.25) is 0 Å². The van der Waals surface area contributed by atoms with Gasteiger partial charge in [-0.3, -0.25) is 4.79 Å². The van der Waals surface area contributed by atoms with Crippen LogP contribution in [0.5, 0.6) is 0 Å². The van der Waals surface area contributed by atoms with E-state index in [1.807, 2.05) is 12.1 Å². The fourth-order valence-electron chi connectivity index (χ4n) is 2.43. The molecule has 0 radical (unpaired) electrons. The highest BCUT2D eigenvalue weighted by atomic mass is 16.5. The molecule has 3 rings (SSSR count). The molecule has 1 fully saturated rings. The van der Waals surface area contributed by atoms with E-state index in [2.05, 4.69) is 11.4 Å². The van der Waals surface area contributed by atoms with Gasteiger partial charge in [0.1, 0.15) is 0 Å². The lowest BCUT2D eigenvalue weighted by Crippen LogP contribution is -2.14. The van der Waals surface area contributed by atoms with Crippen LogP contribution in [0.15, 0.2) is 18.2 Å². The number of nitrogens with one attached hydrogen (secondary N) is 1. The first-order chi connectivity index (χ1) is 7.84. The average molecular weight is 217 g/mol. The van der Waals surface area contributed by atoms with E-state index in [1.165, 1.54) is 11.1 Å². The van der Waals surface area contributed by atoms with E-state index in [4.69, 9.17) is 4.74 Å². The Kier molecular flexibility index (Phi) is 2.50. The van der Waals surface area contributed by atoms with Crippen molar-refractivity contribution in [2.75, 3.05) is 13.2 Å². The normalized spacial score (nSPS) is 23.4. The molecule has 0 aliphatic carbocycles. The number of carbonyl (C=O) groups is 1. The molecule has 2 heterocycles. The zero-order chi connectivity index (χ0) is 11.0. The SMILES string of the molecule is O=C(c1ccc2c(c1)CNC2)C1CCOC1. The smallest absolute Gasteiger partial charge is 0.168 e. The van der Waals surface area contributed by atoms with E-state index in [-0.39, 0.29) is 11.7 Å². The van der Waals surface area contributed by atoms with Crippen molar-refractivity contribution in [2.45, 2.75) is 19.5 Å². The lowest BCUT2D eigenvalue weighted by Gasteiger charge is -2.07. The molecule has 2 aliphatic heterocycles. The van der Waals surface area contributed by atoms with Crippen LogP contribution in [0.4, 0.5) is 0 Å². The van der Waals surface area contributed by atoms with Gasteiger partial charge in [-0.2, -0.15) is 0 Å². The van der Waals surface area contributed by atoms with Crippen LogP contribution in [-0.2, 0) is 17.8 Å². The molecule has 0 amide bonds. The van der Waals surface area contributed by atoms with Crippen LogP contribution in [-0.4, -0.2) is 19.0 Å². The highest BCUT2D eigenvalue weighted by Crippen LogP contribution is 2.22. The first kappa shape index (κ1) is 10.00. The molecule has 16 heavy (non-hydrogen) atoms. The van der Waals surface area contributed by atoms with E-state index < -0.39 is 0 Å². The zero-order valence-electron chi connectivity index (χ0n) is 9.16. The van der Waals surface area contributed by atoms with Crippen molar-refractivity contribution in [3.05, 3.63) is 34.9 Å². The summed E-state index contributed by atoms with van der Waals surface area (Å²) in [5.74, 6) is 0.319. The second-order valence-electron chi connectivity index (χ2n) is 4.51. The van der Waals surface area contributed by atoms with Gasteiger partial charge in [-0.25, -0.2) is 0 Å². The van der Waals surface area contributed by atoms with E-state index in [1.54, 1.807) is 0 Å². The summed E-state index contributed by atoms with van der Waals surface area (Å²) in [6.07, 6.45) is 0.869. The molecule has 1 atom stereocenters. The van der Waals surface area contributed by atoms with Gasteiger partial charge in [-0.15, -0.1) is 0 Å². The minimum atomic E-state index is 0.0763. The van der Waals surface area contributed by atoms with E-state index in [0.717, 1.165) is 31.7 Å². The third-order valence-electron chi connectivity index (χ3n) is 3.42. The molecule has 0 saturated carbocycles. The summed E-state index contributed by atoms with van der Waals surface area (Å²) in [4.78, 5) is 12.1. The molecule has 1 aromatic carbocycles. The molecule has 3 heteroatoms. The van der Waals surface area contributed by atoms with Crippen LogP contribution in [0.2, 0.25) is 0 Å². The van der Waals surface area contributed by atoms with Crippen molar-refractivity contribution in [1.82, 2.24) is 5.32 Å². The number of ketones is 1. The largest absolute Gasteiger partial charge is 0.381 e. The number of ether oxygens (including phenoxy) is 1. The molecule has 1 N–H and O–H groups in total. The Morgan fingerprint density at radius 3 is 3.00 bits per heavy atom. The van der Waals surface area contributed by atoms with Crippen molar-refractivity contribution in [3.63, 3.8) is 0 Å². The predicted octanol–water partition coefficient (Wildman–Crippen LogP) is 1.51. The topological polar surface area (TPSA) is 38.3 Å². The zero-order valence-corrected chi connectivity index (χ0v) is 9.16. The standard InChI is InChI=1S/C13H15NO2/c15-13(11-3-4-16-8-11)9-1-2-10-6-14-7-12(10)5-9/h1-2,5,11,14H,3-4,6-8H2. The van der Waals surface area contributed by atoms with E-state index in [0.29, 0.717) is 6.61 Å². The monoisotopic (exact) mass is 217 g/mol. The Morgan fingerprint density at radius 2 is 2.19 bits per heavy atom. The minimum Gasteiger partial charge on any atom is -0.381 e. The third-order valence-corrected chi connectivity index (χ3v) is 3.42. The van der Waals surface area contributed by atoms with Crippen molar-refractivity contribution in [2.24, 2.45) is 5.92 Å². The van der Waals surface area contributed by atoms with Crippen LogP contribution in [0.25, 0.3) is 0 Å². The summed E-state index contributed by atoms with van der Waals surface area (Å²) in [6, 6.07) is 6.06. The highest BCUT2D eigenvalue weighted by molar-refractivity contribution is 5.98. The number of hydrogen-bond acceptors (Lipinski definition) is 3. The quantitative estimate of drug-likeness (QED) is 0.763. The Hall–Kier alpha value is -1.19. The fourth-order valence-corrected chi connectivity index (χ4v) is 2.43.